The fourth-order valence-electron chi connectivity index (χ4n) is 2.15. The molecule has 0 spiro atoms. The van der Waals surface area contributed by atoms with Gasteiger partial charge in [-0.1, -0.05) is 17.7 Å². The molecule has 1 aromatic rings. The van der Waals surface area contributed by atoms with E-state index in [1.807, 2.05) is 12.1 Å². The zero-order valence-electron chi connectivity index (χ0n) is 9.17. The van der Waals surface area contributed by atoms with Crippen LogP contribution in [0.4, 0.5) is 8.78 Å². The first-order chi connectivity index (χ1) is 8.08. The van der Waals surface area contributed by atoms with E-state index >= 15 is 0 Å². The van der Waals surface area contributed by atoms with Crippen molar-refractivity contribution >= 4 is 11.6 Å². The fraction of sp³-hybridized carbons (Fsp3) is 0.500. The third-order valence-corrected chi connectivity index (χ3v) is 3.28. The molecule has 1 aliphatic carbocycles. The molecule has 0 fully saturated rings. The predicted molar refractivity (Wildman–Crippen MR) is 62.5 cm³/mol. The number of rotatable bonds is 4. The van der Waals surface area contributed by atoms with Crippen molar-refractivity contribution < 1.29 is 13.9 Å². The van der Waals surface area contributed by atoms with Gasteiger partial charge in [0.25, 0.3) is 6.43 Å². The minimum absolute atomic E-state index is 0.0377. The Bertz CT molecular complexity index is 400. The summed E-state index contributed by atoms with van der Waals surface area (Å²) in [6.45, 7) is -0.0929. The Kier molecular flexibility index (Phi) is 3.97. The van der Waals surface area contributed by atoms with Crippen molar-refractivity contribution in [3.8, 4) is 0 Å². The number of benzene rings is 1. The average Bonchev–Trinajstić information content (AvgIpc) is 2.67. The van der Waals surface area contributed by atoms with E-state index in [0.29, 0.717) is 5.02 Å². The van der Waals surface area contributed by atoms with Crippen molar-refractivity contribution in [2.45, 2.75) is 31.4 Å². The number of nitrogens with one attached hydrogen (secondary N) is 1. The van der Waals surface area contributed by atoms with Crippen LogP contribution in [0.25, 0.3) is 0 Å². The Morgan fingerprint density at radius 3 is 2.94 bits per heavy atom. The molecule has 0 saturated heterocycles. The van der Waals surface area contributed by atoms with Crippen LogP contribution in [0, 0.1) is 0 Å². The number of aryl methyl sites for hydroxylation is 1. The number of aliphatic hydroxyl groups excluding tert-OH is 1. The van der Waals surface area contributed by atoms with E-state index in [0.717, 1.165) is 24.0 Å². The Morgan fingerprint density at radius 2 is 2.24 bits per heavy atom. The highest BCUT2D eigenvalue weighted by Gasteiger charge is 2.24. The minimum Gasteiger partial charge on any atom is -0.386 e. The second kappa shape index (κ2) is 5.29. The highest BCUT2D eigenvalue weighted by atomic mass is 35.5. The van der Waals surface area contributed by atoms with Crippen LogP contribution >= 0.6 is 11.6 Å². The van der Waals surface area contributed by atoms with Crippen molar-refractivity contribution in [2.24, 2.45) is 0 Å². The van der Waals surface area contributed by atoms with Crippen molar-refractivity contribution in [3.05, 3.63) is 34.3 Å². The maximum Gasteiger partial charge on any atom is 0.265 e. The van der Waals surface area contributed by atoms with E-state index in [4.69, 9.17) is 16.7 Å². The number of hydrogen-bond acceptors (Lipinski definition) is 2. The van der Waals surface area contributed by atoms with Crippen LogP contribution in [0.1, 0.15) is 23.6 Å². The van der Waals surface area contributed by atoms with Crippen molar-refractivity contribution in [1.82, 2.24) is 5.32 Å². The molecule has 17 heavy (non-hydrogen) atoms. The SMILES string of the molecule is OC(CNC1CCc2cc(Cl)ccc21)C(F)F. The first-order valence-corrected chi connectivity index (χ1v) is 5.93. The molecule has 2 nitrogen and oxygen atoms in total. The second-order valence-electron chi connectivity index (χ2n) is 4.24. The van der Waals surface area contributed by atoms with Gasteiger partial charge in [0.1, 0.15) is 6.10 Å². The highest BCUT2D eigenvalue weighted by Crippen LogP contribution is 2.32. The van der Waals surface area contributed by atoms with Crippen LogP contribution in [-0.2, 0) is 6.42 Å². The number of halogens is 3. The van der Waals surface area contributed by atoms with Crippen LogP contribution in [0.15, 0.2) is 18.2 Å². The molecule has 94 valence electrons. The molecule has 0 aromatic heterocycles. The standard InChI is InChI=1S/C12H14ClF2NO/c13-8-2-3-9-7(5-8)1-4-10(9)16-6-11(17)12(14)15/h2-3,5,10-12,16-17H,1,4,6H2. The van der Waals surface area contributed by atoms with E-state index in [1.54, 1.807) is 6.07 Å². The average molecular weight is 262 g/mol. The molecule has 2 rings (SSSR count). The Balaban J connectivity index is 1.98. The number of fused-ring (bicyclic) bond motifs is 1. The lowest BCUT2D eigenvalue weighted by Crippen LogP contribution is -2.33. The van der Waals surface area contributed by atoms with Gasteiger partial charge in [-0.3, -0.25) is 0 Å². The van der Waals surface area contributed by atoms with E-state index < -0.39 is 12.5 Å². The smallest absolute Gasteiger partial charge is 0.265 e. The fourth-order valence-corrected chi connectivity index (χ4v) is 2.34. The summed E-state index contributed by atoms with van der Waals surface area (Å²) >= 11 is 5.88. The Hall–Kier alpha value is -0.710. The molecular weight excluding hydrogens is 248 g/mol. The van der Waals surface area contributed by atoms with Gasteiger partial charge < -0.3 is 10.4 Å². The largest absolute Gasteiger partial charge is 0.386 e. The third kappa shape index (κ3) is 2.94. The van der Waals surface area contributed by atoms with Crippen LogP contribution < -0.4 is 5.32 Å². The van der Waals surface area contributed by atoms with Crippen LogP contribution in [0.2, 0.25) is 5.02 Å². The molecule has 5 heteroatoms. The summed E-state index contributed by atoms with van der Waals surface area (Å²) in [5.41, 5.74) is 2.25. The molecule has 1 aromatic carbocycles. The topological polar surface area (TPSA) is 32.3 Å². The molecule has 0 bridgehead atoms. The maximum absolute atomic E-state index is 12.1. The summed E-state index contributed by atoms with van der Waals surface area (Å²) in [5, 5.41) is 12.7. The highest BCUT2D eigenvalue weighted by molar-refractivity contribution is 6.30. The van der Waals surface area contributed by atoms with Crippen LogP contribution in [-0.4, -0.2) is 24.2 Å². The summed E-state index contributed by atoms with van der Waals surface area (Å²) in [7, 11) is 0. The van der Waals surface area contributed by atoms with E-state index in [9.17, 15) is 8.78 Å². The monoisotopic (exact) mass is 261 g/mol. The minimum atomic E-state index is -2.70. The lowest BCUT2D eigenvalue weighted by Gasteiger charge is -2.17. The lowest BCUT2D eigenvalue weighted by atomic mass is 10.1. The van der Waals surface area contributed by atoms with Gasteiger partial charge in [-0.05, 0) is 36.1 Å². The quantitative estimate of drug-likeness (QED) is 0.873. The lowest BCUT2D eigenvalue weighted by molar-refractivity contribution is -0.00462. The molecule has 0 heterocycles. The van der Waals surface area contributed by atoms with Crippen molar-refractivity contribution in [1.29, 1.82) is 0 Å². The van der Waals surface area contributed by atoms with Gasteiger partial charge in [-0.25, -0.2) is 8.78 Å². The molecule has 2 unspecified atom stereocenters. The molecular formula is C12H14ClF2NO. The van der Waals surface area contributed by atoms with Gasteiger partial charge >= 0.3 is 0 Å². The number of hydrogen-bond donors (Lipinski definition) is 2. The Labute approximate surface area is 104 Å². The maximum atomic E-state index is 12.1. The molecule has 2 atom stereocenters. The first-order valence-electron chi connectivity index (χ1n) is 5.56. The van der Waals surface area contributed by atoms with E-state index in [1.165, 1.54) is 0 Å². The summed E-state index contributed by atoms with van der Waals surface area (Å²) in [5.74, 6) is 0. The van der Waals surface area contributed by atoms with E-state index in [2.05, 4.69) is 5.32 Å². The van der Waals surface area contributed by atoms with Gasteiger partial charge in [-0.15, -0.1) is 0 Å². The summed E-state index contributed by atoms with van der Waals surface area (Å²) in [6, 6.07) is 5.65. The van der Waals surface area contributed by atoms with Crippen molar-refractivity contribution in [3.63, 3.8) is 0 Å². The normalized spacial score (nSPS) is 20.6. The molecule has 2 N–H and O–H groups in total. The molecule has 1 aliphatic rings. The number of alkyl halides is 2. The number of aliphatic hydroxyl groups is 1. The van der Waals surface area contributed by atoms with Gasteiger partial charge in [0, 0.05) is 17.6 Å². The molecule has 0 radical (unpaired) electrons. The molecule has 0 aliphatic heterocycles. The third-order valence-electron chi connectivity index (χ3n) is 3.05. The van der Waals surface area contributed by atoms with Crippen molar-refractivity contribution in [2.75, 3.05) is 6.54 Å². The van der Waals surface area contributed by atoms with E-state index in [-0.39, 0.29) is 12.6 Å². The van der Waals surface area contributed by atoms with Gasteiger partial charge in [0.2, 0.25) is 0 Å². The summed E-state index contributed by atoms with van der Waals surface area (Å²) in [4.78, 5) is 0. The molecule has 0 amide bonds. The van der Waals surface area contributed by atoms with Crippen LogP contribution in [0.5, 0.6) is 0 Å². The Morgan fingerprint density at radius 1 is 1.47 bits per heavy atom. The zero-order chi connectivity index (χ0) is 12.4. The summed E-state index contributed by atoms with van der Waals surface area (Å²) in [6.07, 6.45) is -2.57. The zero-order valence-corrected chi connectivity index (χ0v) is 9.92. The second-order valence-corrected chi connectivity index (χ2v) is 4.68. The van der Waals surface area contributed by atoms with Gasteiger partial charge in [0.05, 0.1) is 0 Å². The summed E-state index contributed by atoms with van der Waals surface area (Å²) < 4.78 is 24.3. The van der Waals surface area contributed by atoms with Crippen LogP contribution in [0.3, 0.4) is 0 Å². The molecule has 0 saturated carbocycles. The predicted octanol–water partition coefficient (Wildman–Crippen LogP) is 2.54. The van der Waals surface area contributed by atoms with Gasteiger partial charge in [-0.2, -0.15) is 0 Å². The first kappa shape index (κ1) is 12.7. The van der Waals surface area contributed by atoms with Gasteiger partial charge in [0.15, 0.2) is 0 Å².